The molecular formula is C15H27N5O. The maximum atomic E-state index is 12.1. The van der Waals surface area contributed by atoms with Crippen molar-refractivity contribution in [1.82, 2.24) is 20.2 Å². The number of amides is 1. The molecule has 1 amide bonds. The summed E-state index contributed by atoms with van der Waals surface area (Å²) in [6.45, 7) is 6.25. The molecule has 1 aromatic heterocycles. The Bertz CT molecular complexity index is 448. The molecule has 0 fully saturated rings. The summed E-state index contributed by atoms with van der Waals surface area (Å²) in [6, 6.07) is 1.71. The smallest absolute Gasteiger partial charge is 0.270 e. The van der Waals surface area contributed by atoms with E-state index in [1.54, 1.807) is 13.0 Å². The van der Waals surface area contributed by atoms with E-state index in [0.717, 1.165) is 25.3 Å². The zero-order chi connectivity index (χ0) is 15.7. The Morgan fingerprint density at radius 2 is 2.00 bits per heavy atom. The number of nitrogens with one attached hydrogen (secondary N) is 2. The van der Waals surface area contributed by atoms with Crippen molar-refractivity contribution in [3.63, 3.8) is 0 Å². The summed E-state index contributed by atoms with van der Waals surface area (Å²) in [5.41, 5.74) is 0.416. The molecule has 0 spiro atoms. The van der Waals surface area contributed by atoms with E-state index in [4.69, 9.17) is 0 Å². The molecule has 0 saturated carbocycles. The van der Waals surface area contributed by atoms with E-state index in [1.165, 1.54) is 12.8 Å². The lowest BCUT2D eigenvalue weighted by Crippen LogP contribution is -2.32. The monoisotopic (exact) mass is 293 g/mol. The second kappa shape index (κ2) is 9.28. The molecular weight excluding hydrogens is 266 g/mol. The lowest BCUT2D eigenvalue weighted by molar-refractivity contribution is 0.0945. The molecule has 1 aromatic rings. The summed E-state index contributed by atoms with van der Waals surface area (Å²) in [5, 5.41) is 6.11. The maximum Gasteiger partial charge on any atom is 0.270 e. The number of carbonyl (C=O) groups is 1. The number of hydrogen-bond acceptors (Lipinski definition) is 5. The molecule has 0 atom stereocenters. The quantitative estimate of drug-likeness (QED) is 0.678. The molecule has 21 heavy (non-hydrogen) atoms. The highest BCUT2D eigenvalue weighted by molar-refractivity contribution is 5.92. The minimum Gasteiger partial charge on any atom is -0.370 e. The van der Waals surface area contributed by atoms with Crippen LogP contribution in [-0.4, -0.2) is 54.5 Å². The number of likely N-dealkylation sites (N-methyl/N-ethyl adjacent to an activating group) is 1. The van der Waals surface area contributed by atoms with Crippen LogP contribution < -0.4 is 10.6 Å². The third-order valence-electron chi connectivity index (χ3n) is 3.00. The Morgan fingerprint density at radius 1 is 1.24 bits per heavy atom. The fourth-order valence-corrected chi connectivity index (χ4v) is 1.85. The Labute approximate surface area is 127 Å². The minimum absolute atomic E-state index is 0.154. The third kappa shape index (κ3) is 7.04. The van der Waals surface area contributed by atoms with Gasteiger partial charge in [-0.2, -0.15) is 0 Å². The van der Waals surface area contributed by atoms with Crippen LogP contribution >= 0.6 is 0 Å². The van der Waals surface area contributed by atoms with Gasteiger partial charge in [0.15, 0.2) is 0 Å². The summed E-state index contributed by atoms with van der Waals surface area (Å²) in [6.07, 6.45) is 3.48. The van der Waals surface area contributed by atoms with Gasteiger partial charge in [-0.15, -0.1) is 0 Å². The highest BCUT2D eigenvalue weighted by atomic mass is 16.1. The molecule has 118 valence electrons. The van der Waals surface area contributed by atoms with Crippen molar-refractivity contribution in [2.45, 2.75) is 33.1 Å². The first kappa shape index (κ1) is 17.4. The topological polar surface area (TPSA) is 70.2 Å². The Balaban J connectivity index is 2.57. The number of anilines is 1. The van der Waals surface area contributed by atoms with Gasteiger partial charge in [-0.3, -0.25) is 4.79 Å². The number of unbranched alkanes of at least 4 members (excludes halogenated alkanes) is 2. The zero-order valence-electron chi connectivity index (χ0n) is 13.6. The number of rotatable bonds is 9. The van der Waals surface area contributed by atoms with E-state index < -0.39 is 0 Å². The predicted octanol–water partition coefficient (Wildman–Crippen LogP) is 1.68. The standard InChI is InChI=1S/C15H27N5O/c1-5-6-7-8-16-14-11-13(18-12(2)19-14)15(21)17-9-10-20(3)4/h11H,5-10H2,1-4H3,(H,17,21)(H,16,18,19). The number of hydrogen-bond donors (Lipinski definition) is 2. The van der Waals surface area contributed by atoms with E-state index in [1.807, 2.05) is 19.0 Å². The van der Waals surface area contributed by atoms with Gasteiger partial charge in [-0.05, 0) is 27.4 Å². The number of carbonyl (C=O) groups excluding carboxylic acids is 1. The van der Waals surface area contributed by atoms with Crippen molar-refractivity contribution in [1.29, 1.82) is 0 Å². The largest absolute Gasteiger partial charge is 0.370 e. The summed E-state index contributed by atoms with van der Waals surface area (Å²) in [7, 11) is 3.94. The van der Waals surface area contributed by atoms with Crippen molar-refractivity contribution < 1.29 is 4.79 Å². The lowest BCUT2D eigenvalue weighted by Gasteiger charge is -2.11. The van der Waals surface area contributed by atoms with Crippen molar-refractivity contribution in [3.05, 3.63) is 17.6 Å². The first-order valence-electron chi connectivity index (χ1n) is 7.55. The van der Waals surface area contributed by atoms with Crippen molar-refractivity contribution in [2.75, 3.05) is 39.0 Å². The molecule has 2 N–H and O–H groups in total. The van der Waals surface area contributed by atoms with E-state index in [-0.39, 0.29) is 5.91 Å². The van der Waals surface area contributed by atoms with Crippen molar-refractivity contribution in [3.8, 4) is 0 Å². The molecule has 1 heterocycles. The molecule has 0 aliphatic carbocycles. The van der Waals surface area contributed by atoms with E-state index in [0.29, 0.717) is 18.1 Å². The normalized spacial score (nSPS) is 10.7. The molecule has 0 saturated heterocycles. The molecule has 6 heteroatoms. The summed E-state index contributed by atoms with van der Waals surface area (Å²) >= 11 is 0. The van der Waals surface area contributed by atoms with Crippen LogP contribution in [0.3, 0.4) is 0 Å². The maximum absolute atomic E-state index is 12.1. The Hall–Kier alpha value is -1.69. The fraction of sp³-hybridized carbons (Fsp3) is 0.667. The molecule has 0 aliphatic heterocycles. The van der Waals surface area contributed by atoms with Gasteiger partial charge >= 0.3 is 0 Å². The SMILES string of the molecule is CCCCCNc1cc(C(=O)NCCN(C)C)nc(C)n1. The van der Waals surface area contributed by atoms with Gasteiger partial charge in [0.1, 0.15) is 17.3 Å². The van der Waals surface area contributed by atoms with Gasteiger partial charge in [-0.1, -0.05) is 19.8 Å². The number of aromatic nitrogens is 2. The Morgan fingerprint density at radius 3 is 2.67 bits per heavy atom. The highest BCUT2D eigenvalue weighted by Crippen LogP contribution is 2.07. The van der Waals surface area contributed by atoms with Crippen LogP contribution in [-0.2, 0) is 0 Å². The lowest BCUT2D eigenvalue weighted by atomic mass is 10.2. The van der Waals surface area contributed by atoms with E-state index in [2.05, 4.69) is 27.5 Å². The highest BCUT2D eigenvalue weighted by Gasteiger charge is 2.10. The molecule has 0 unspecified atom stereocenters. The molecule has 0 bridgehead atoms. The van der Waals surface area contributed by atoms with Crippen LogP contribution in [0.25, 0.3) is 0 Å². The fourth-order valence-electron chi connectivity index (χ4n) is 1.85. The van der Waals surface area contributed by atoms with Gasteiger partial charge in [0.05, 0.1) is 0 Å². The number of aryl methyl sites for hydroxylation is 1. The molecule has 6 nitrogen and oxygen atoms in total. The van der Waals surface area contributed by atoms with Gasteiger partial charge in [0, 0.05) is 25.7 Å². The predicted molar refractivity (Wildman–Crippen MR) is 85.7 cm³/mol. The third-order valence-corrected chi connectivity index (χ3v) is 3.00. The van der Waals surface area contributed by atoms with Crippen molar-refractivity contribution in [2.24, 2.45) is 0 Å². The summed E-state index contributed by atoms with van der Waals surface area (Å²) in [4.78, 5) is 22.6. The summed E-state index contributed by atoms with van der Waals surface area (Å²) < 4.78 is 0. The molecule has 0 aliphatic rings. The first-order chi connectivity index (χ1) is 10.0. The van der Waals surface area contributed by atoms with Crippen LogP contribution in [0.1, 0.15) is 42.5 Å². The van der Waals surface area contributed by atoms with Gasteiger partial charge in [-0.25, -0.2) is 9.97 Å². The number of nitrogens with zero attached hydrogens (tertiary/aromatic N) is 3. The van der Waals surface area contributed by atoms with Crippen molar-refractivity contribution >= 4 is 11.7 Å². The van der Waals surface area contributed by atoms with Gasteiger partial charge in [0.25, 0.3) is 5.91 Å². The average molecular weight is 293 g/mol. The van der Waals surface area contributed by atoms with Gasteiger partial charge in [0.2, 0.25) is 0 Å². The van der Waals surface area contributed by atoms with Crippen LogP contribution in [0.15, 0.2) is 6.07 Å². The summed E-state index contributed by atoms with van der Waals surface area (Å²) in [5.74, 6) is 1.17. The zero-order valence-corrected chi connectivity index (χ0v) is 13.6. The second-order valence-corrected chi connectivity index (χ2v) is 5.38. The first-order valence-corrected chi connectivity index (χ1v) is 7.55. The van der Waals surface area contributed by atoms with Crippen LogP contribution in [0.2, 0.25) is 0 Å². The Kier molecular flexibility index (Phi) is 7.68. The van der Waals surface area contributed by atoms with E-state index in [9.17, 15) is 4.79 Å². The average Bonchev–Trinajstić information content (AvgIpc) is 2.42. The van der Waals surface area contributed by atoms with Gasteiger partial charge < -0.3 is 15.5 Å². The molecule has 0 aromatic carbocycles. The van der Waals surface area contributed by atoms with Crippen LogP contribution in [0, 0.1) is 6.92 Å². The van der Waals surface area contributed by atoms with Crippen LogP contribution in [0.5, 0.6) is 0 Å². The second-order valence-electron chi connectivity index (χ2n) is 5.38. The minimum atomic E-state index is -0.154. The van der Waals surface area contributed by atoms with E-state index >= 15 is 0 Å². The van der Waals surface area contributed by atoms with Crippen LogP contribution in [0.4, 0.5) is 5.82 Å². The molecule has 0 radical (unpaired) electrons. The molecule has 1 rings (SSSR count).